The van der Waals surface area contributed by atoms with E-state index in [-0.39, 0.29) is 6.04 Å². The van der Waals surface area contributed by atoms with Crippen LogP contribution in [0.15, 0.2) is 0 Å². The molecule has 5 heteroatoms. The molecular weight excluding hydrogens is 246 g/mol. The molecule has 0 fully saturated rings. The van der Waals surface area contributed by atoms with Crippen molar-refractivity contribution in [3.8, 4) is 0 Å². The van der Waals surface area contributed by atoms with Gasteiger partial charge >= 0.3 is 0 Å². The summed E-state index contributed by atoms with van der Waals surface area (Å²) >= 11 is 1.73. The number of ether oxygens (including phenoxy) is 1. The molecule has 0 aliphatic rings. The van der Waals surface area contributed by atoms with E-state index in [1.807, 2.05) is 6.92 Å². The molecule has 18 heavy (non-hydrogen) atoms. The number of nitrogens with two attached hydrogens (primary N) is 1. The molecule has 0 aromatic carbocycles. The van der Waals surface area contributed by atoms with E-state index in [2.05, 4.69) is 23.7 Å². The first-order chi connectivity index (χ1) is 8.62. The van der Waals surface area contributed by atoms with Crippen molar-refractivity contribution < 1.29 is 4.74 Å². The Morgan fingerprint density at radius 3 is 2.56 bits per heavy atom. The van der Waals surface area contributed by atoms with E-state index in [0.29, 0.717) is 6.61 Å². The number of thiazole rings is 1. The highest BCUT2D eigenvalue weighted by Crippen LogP contribution is 2.25. The van der Waals surface area contributed by atoms with E-state index < -0.39 is 0 Å². The fourth-order valence-corrected chi connectivity index (χ4v) is 2.92. The monoisotopic (exact) mass is 271 g/mol. The van der Waals surface area contributed by atoms with Gasteiger partial charge in [-0.2, -0.15) is 0 Å². The first-order valence-corrected chi connectivity index (χ1v) is 7.39. The van der Waals surface area contributed by atoms with Crippen molar-refractivity contribution >= 4 is 11.3 Å². The highest BCUT2D eigenvalue weighted by atomic mass is 32.1. The summed E-state index contributed by atoms with van der Waals surface area (Å²) < 4.78 is 5.18. The van der Waals surface area contributed by atoms with E-state index in [0.717, 1.165) is 36.6 Å². The lowest BCUT2D eigenvalue weighted by molar-refractivity contribution is 0.181. The Hall–Kier alpha value is -0.490. The smallest absolute Gasteiger partial charge is 0.0945 e. The molecule has 4 nitrogen and oxygen atoms in total. The molecule has 1 heterocycles. The molecule has 1 rings (SSSR count). The molecule has 0 bridgehead atoms. The predicted octanol–water partition coefficient (Wildman–Crippen LogP) is 2.19. The van der Waals surface area contributed by atoms with Gasteiger partial charge in [-0.05, 0) is 20.0 Å². The highest BCUT2D eigenvalue weighted by Gasteiger charge is 2.14. The number of aromatic nitrogens is 1. The van der Waals surface area contributed by atoms with Crippen molar-refractivity contribution in [2.24, 2.45) is 5.73 Å². The molecule has 0 saturated heterocycles. The molecule has 2 N–H and O–H groups in total. The normalized spacial score (nSPS) is 13.2. The van der Waals surface area contributed by atoms with Crippen LogP contribution in [0.2, 0.25) is 0 Å². The van der Waals surface area contributed by atoms with E-state index in [1.54, 1.807) is 18.4 Å². The van der Waals surface area contributed by atoms with Crippen molar-refractivity contribution in [1.82, 2.24) is 9.88 Å². The van der Waals surface area contributed by atoms with Gasteiger partial charge in [-0.25, -0.2) is 4.98 Å². The van der Waals surface area contributed by atoms with Gasteiger partial charge < -0.3 is 15.4 Å². The van der Waals surface area contributed by atoms with Gasteiger partial charge in [0.2, 0.25) is 0 Å². The maximum Gasteiger partial charge on any atom is 0.0945 e. The van der Waals surface area contributed by atoms with Crippen LogP contribution in [0.25, 0.3) is 0 Å². The molecule has 1 atom stereocenters. The second kappa shape index (κ2) is 7.84. The first kappa shape index (κ1) is 15.6. The van der Waals surface area contributed by atoms with Crippen LogP contribution in [0.4, 0.5) is 0 Å². The van der Waals surface area contributed by atoms with Gasteiger partial charge in [0.05, 0.1) is 17.3 Å². The minimum absolute atomic E-state index is 0.0369. The number of hydrogen-bond donors (Lipinski definition) is 1. The minimum atomic E-state index is 0.0369. The quantitative estimate of drug-likeness (QED) is 0.787. The largest absolute Gasteiger partial charge is 0.378 e. The number of nitrogens with zero attached hydrogens (tertiary/aromatic N) is 2. The highest BCUT2D eigenvalue weighted by molar-refractivity contribution is 7.11. The Labute approximate surface area is 114 Å². The zero-order valence-electron chi connectivity index (χ0n) is 11.9. The Morgan fingerprint density at radius 2 is 2.06 bits per heavy atom. The summed E-state index contributed by atoms with van der Waals surface area (Å²) in [4.78, 5) is 8.21. The average Bonchev–Trinajstić information content (AvgIpc) is 2.74. The molecule has 0 amide bonds. The summed E-state index contributed by atoms with van der Waals surface area (Å²) in [5.74, 6) is 0. The van der Waals surface area contributed by atoms with E-state index in [4.69, 9.17) is 10.5 Å². The molecule has 1 unspecified atom stereocenters. The van der Waals surface area contributed by atoms with Crippen molar-refractivity contribution in [2.45, 2.75) is 39.8 Å². The molecule has 0 saturated carbocycles. The minimum Gasteiger partial charge on any atom is -0.378 e. The van der Waals surface area contributed by atoms with Crippen molar-refractivity contribution in [2.75, 3.05) is 26.7 Å². The summed E-state index contributed by atoms with van der Waals surface area (Å²) in [7, 11) is 1.69. The summed E-state index contributed by atoms with van der Waals surface area (Å²) in [6.45, 7) is 10.2. The molecule has 0 aliphatic carbocycles. The Morgan fingerprint density at radius 1 is 1.39 bits per heavy atom. The lowest BCUT2D eigenvalue weighted by Crippen LogP contribution is -2.25. The van der Waals surface area contributed by atoms with Gasteiger partial charge in [0, 0.05) is 31.0 Å². The van der Waals surface area contributed by atoms with Gasteiger partial charge in [-0.15, -0.1) is 11.3 Å². The molecule has 0 radical (unpaired) electrons. The Bertz CT molecular complexity index is 348. The zero-order chi connectivity index (χ0) is 13.5. The lowest BCUT2D eigenvalue weighted by atomic mass is 10.2. The summed E-state index contributed by atoms with van der Waals surface area (Å²) in [6.07, 6.45) is 0.996. The van der Waals surface area contributed by atoms with Crippen LogP contribution in [-0.2, 0) is 17.8 Å². The number of likely N-dealkylation sites (N-methyl/N-ethyl adjacent to an activating group) is 1. The molecule has 1 aromatic rings. The van der Waals surface area contributed by atoms with Crippen molar-refractivity contribution in [3.63, 3.8) is 0 Å². The standard InChI is InChI=1S/C13H25N3OS/c1-5-16(6-2)8-7-12-15-11(9-17-4)13(18-12)10(3)14/h10H,5-9,14H2,1-4H3. The van der Waals surface area contributed by atoms with Crippen LogP contribution < -0.4 is 5.73 Å². The van der Waals surface area contributed by atoms with Crippen LogP contribution in [0.1, 0.15) is 42.4 Å². The SMILES string of the molecule is CCN(CC)CCc1nc(COC)c(C(C)N)s1. The van der Waals surface area contributed by atoms with Gasteiger partial charge in [0.15, 0.2) is 0 Å². The lowest BCUT2D eigenvalue weighted by Gasteiger charge is -2.16. The molecular formula is C13H25N3OS. The topological polar surface area (TPSA) is 51.4 Å². The van der Waals surface area contributed by atoms with E-state index in [1.165, 1.54) is 5.01 Å². The predicted molar refractivity (Wildman–Crippen MR) is 76.9 cm³/mol. The van der Waals surface area contributed by atoms with Crippen LogP contribution in [0.5, 0.6) is 0 Å². The van der Waals surface area contributed by atoms with Crippen LogP contribution in [0.3, 0.4) is 0 Å². The molecule has 104 valence electrons. The van der Waals surface area contributed by atoms with Crippen molar-refractivity contribution in [3.05, 3.63) is 15.6 Å². The molecule has 1 aromatic heterocycles. The van der Waals surface area contributed by atoms with Gasteiger partial charge in [-0.3, -0.25) is 0 Å². The van der Waals surface area contributed by atoms with Gasteiger partial charge in [0.1, 0.15) is 0 Å². The van der Waals surface area contributed by atoms with E-state index >= 15 is 0 Å². The fourth-order valence-electron chi connectivity index (χ4n) is 1.91. The zero-order valence-corrected chi connectivity index (χ0v) is 12.7. The summed E-state index contributed by atoms with van der Waals surface area (Å²) in [6, 6.07) is 0.0369. The van der Waals surface area contributed by atoms with Crippen LogP contribution in [-0.4, -0.2) is 36.6 Å². The van der Waals surface area contributed by atoms with Crippen molar-refractivity contribution in [1.29, 1.82) is 0 Å². The summed E-state index contributed by atoms with van der Waals surface area (Å²) in [5, 5.41) is 1.17. The third-order valence-electron chi connectivity index (χ3n) is 3.00. The second-order valence-corrected chi connectivity index (χ2v) is 5.53. The Balaban J connectivity index is 2.69. The van der Waals surface area contributed by atoms with Crippen LogP contribution in [0, 0.1) is 0 Å². The maximum atomic E-state index is 5.97. The third kappa shape index (κ3) is 4.31. The third-order valence-corrected chi connectivity index (χ3v) is 4.36. The van der Waals surface area contributed by atoms with E-state index in [9.17, 15) is 0 Å². The van der Waals surface area contributed by atoms with Gasteiger partial charge in [-0.1, -0.05) is 13.8 Å². The average molecular weight is 271 g/mol. The maximum absolute atomic E-state index is 5.97. The number of methoxy groups -OCH3 is 1. The molecule has 0 aliphatic heterocycles. The van der Waals surface area contributed by atoms with Crippen LogP contribution >= 0.6 is 11.3 Å². The summed E-state index contributed by atoms with van der Waals surface area (Å²) in [5.41, 5.74) is 6.98. The molecule has 0 spiro atoms. The fraction of sp³-hybridized carbons (Fsp3) is 0.769. The number of rotatable bonds is 8. The first-order valence-electron chi connectivity index (χ1n) is 6.57. The number of hydrogen-bond acceptors (Lipinski definition) is 5. The second-order valence-electron chi connectivity index (χ2n) is 4.42. The van der Waals surface area contributed by atoms with Gasteiger partial charge in [0.25, 0.3) is 0 Å². The Kier molecular flexibility index (Phi) is 6.78.